The Labute approximate surface area is 150 Å². The Morgan fingerprint density at radius 1 is 0.957 bits per heavy atom. The summed E-state index contributed by atoms with van der Waals surface area (Å²) in [5.74, 6) is 0. The van der Waals surface area contributed by atoms with Crippen molar-refractivity contribution in [1.82, 2.24) is 0 Å². The summed E-state index contributed by atoms with van der Waals surface area (Å²) in [5.41, 5.74) is 0.477. The van der Waals surface area contributed by atoms with E-state index in [-0.39, 0.29) is 5.22 Å². The molecule has 0 aliphatic carbocycles. The maximum atomic E-state index is 6.99. The van der Waals surface area contributed by atoms with Gasteiger partial charge in [0.05, 0.1) is 13.3 Å². The largest absolute Gasteiger partial charge is 0.415 e. The molecule has 0 heterocycles. The molecule has 1 unspecified atom stereocenters. The van der Waals surface area contributed by atoms with E-state index in [9.17, 15) is 0 Å². The predicted octanol–water partition coefficient (Wildman–Crippen LogP) is 6.13. The van der Waals surface area contributed by atoms with Crippen LogP contribution < -0.4 is 0 Å². The van der Waals surface area contributed by atoms with Crippen LogP contribution in [0.15, 0.2) is 0 Å². The lowest BCUT2D eigenvalue weighted by molar-refractivity contribution is 0.0947. The number of hydrogen-bond donors (Lipinski definition) is 0. The molecule has 2 nitrogen and oxygen atoms in total. The quantitative estimate of drug-likeness (QED) is 0.381. The number of rotatable bonds is 12. The van der Waals surface area contributed by atoms with Gasteiger partial charge in [-0.3, -0.25) is 0 Å². The highest BCUT2D eigenvalue weighted by molar-refractivity contribution is 6.81. The minimum absolute atomic E-state index is 0.00392. The van der Waals surface area contributed by atoms with Gasteiger partial charge in [0.2, 0.25) is 8.32 Å². The molecule has 0 radical (unpaired) electrons. The number of hydrogen-bond acceptors (Lipinski definition) is 2. The van der Waals surface area contributed by atoms with E-state index in [1.807, 2.05) is 0 Å². The third kappa shape index (κ3) is 6.42. The Morgan fingerprint density at radius 3 is 1.83 bits per heavy atom. The SMILES string of the molecule is CCCC[Si](C)(C)C(CC)O[Si](C)(C)C(CC)(CC)O[SiH](C)C. The monoisotopic (exact) mass is 376 g/mol. The van der Waals surface area contributed by atoms with Gasteiger partial charge in [0.25, 0.3) is 0 Å². The van der Waals surface area contributed by atoms with E-state index < -0.39 is 25.4 Å². The maximum absolute atomic E-state index is 6.99. The van der Waals surface area contributed by atoms with E-state index in [1.165, 1.54) is 18.9 Å². The van der Waals surface area contributed by atoms with Gasteiger partial charge in [0, 0.05) is 5.73 Å². The fourth-order valence-corrected chi connectivity index (χ4v) is 14.6. The van der Waals surface area contributed by atoms with Gasteiger partial charge in [-0.1, -0.05) is 59.7 Å². The van der Waals surface area contributed by atoms with Gasteiger partial charge in [0.1, 0.15) is 0 Å². The summed E-state index contributed by atoms with van der Waals surface area (Å²) in [6.07, 6.45) is 5.97. The molecule has 0 spiro atoms. The van der Waals surface area contributed by atoms with Crippen LogP contribution in [0.1, 0.15) is 59.8 Å². The van der Waals surface area contributed by atoms with Gasteiger partial charge in [0.15, 0.2) is 9.04 Å². The first kappa shape index (κ1) is 23.6. The third-order valence-electron chi connectivity index (χ3n) is 5.55. The van der Waals surface area contributed by atoms with Crippen LogP contribution in [0.3, 0.4) is 0 Å². The lowest BCUT2D eigenvalue weighted by Crippen LogP contribution is -2.62. The second-order valence-corrected chi connectivity index (χ2v) is 20.1. The van der Waals surface area contributed by atoms with Crippen LogP contribution in [-0.4, -0.2) is 36.4 Å². The second-order valence-electron chi connectivity index (χ2n) is 8.49. The van der Waals surface area contributed by atoms with Gasteiger partial charge in [-0.25, -0.2) is 0 Å². The zero-order valence-electron chi connectivity index (χ0n) is 17.7. The van der Waals surface area contributed by atoms with E-state index in [0.29, 0.717) is 5.73 Å². The summed E-state index contributed by atoms with van der Waals surface area (Å²) in [4.78, 5) is 0. The molecule has 23 heavy (non-hydrogen) atoms. The highest BCUT2D eigenvalue weighted by Crippen LogP contribution is 2.36. The van der Waals surface area contributed by atoms with Crippen LogP contribution in [0.5, 0.6) is 0 Å². The van der Waals surface area contributed by atoms with E-state index in [2.05, 4.69) is 67.0 Å². The van der Waals surface area contributed by atoms with Gasteiger partial charge >= 0.3 is 0 Å². The Bertz CT molecular complexity index is 326. The van der Waals surface area contributed by atoms with E-state index >= 15 is 0 Å². The van der Waals surface area contributed by atoms with Gasteiger partial charge in [-0.05, 0) is 45.5 Å². The molecule has 0 saturated heterocycles. The van der Waals surface area contributed by atoms with Crippen LogP contribution in [0.2, 0.25) is 45.3 Å². The molecular formula is C18H44O2Si3. The van der Waals surface area contributed by atoms with Crippen molar-refractivity contribution in [3.05, 3.63) is 0 Å². The molecule has 1 atom stereocenters. The summed E-state index contributed by atoms with van der Waals surface area (Å²) < 4.78 is 13.6. The van der Waals surface area contributed by atoms with Gasteiger partial charge < -0.3 is 8.85 Å². The lowest BCUT2D eigenvalue weighted by Gasteiger charge is -2.48. The molecule has 0 aliphatic rings. The van der Waals surface area contributed by atoms with Crippen LogP contribution in [0, 0.1) is 0 Å². The molecule has 140 valence electrons. The predicted molar refractivity (Wildman–Crippen MR) is 113 cm³/mol. The Hall–Kier alpha value is 0.571. The summed E-state index contributed by atoms with van der Waals surface area (Å²) in [7, 11) is -4.35. The third-order valence-corrected chi connectivity index (χ3v) is 14.8. The summed E-state index contributed by atoms with van der Waals surface area (Å²) in [5, 5.41) is -0.00392. The molecule has 0 aromatic heterocycles. The molecular weight excluding hydrogens is 332 g/mol. The van der Waals surface area contributed by atoms with Crippen molar-refractivity contribution in [1.29, 1.82) is 0 Å². The summed E-state index contributed by atoms with van der Waals surface area (Å²) >= 11 is 0. The van der Waals surface area contributed by atoms with Crippen molar-refractivity contribution in [2.45, 2.75) is 116 Å². The molecule has 0 bridgehead atoms. The topological polar surface area (TPSA) is 18.5 Å². The average molecular weight is 377 g/mol. The van der Waals surface area contributed by atoms with Crippen molar-refractivity contribution in [2.24, 2.45) is 0 Å². The zero-order valence-corrected chi connectivity index (χ0v) is 20.9. The van der Waals surface area contributed by atoms with Crippen molar-refractivity contribution in [2.75, 3.05) is 0 Å². The van der Waals surface area contributed by atoms with Crippen LogP contribution in [0.25, 0.3) is 0 Å². The molecule has 0 aliphatic heterocycles. The van der Waals surface area contributed by atoms with Crippen molar-refractivity contribution in [3.8, 4) is 0 Å². The smallest absolute Gasteiger partial charge is 0.216 e. The van der Waals surface area contributed by atoms with E-state index in [4.69, 9.17) is 8.85 Å². The van der Waals surface area contributed by atoms with Crippen molar-refractivity contribution in [3.63, 3.8) is 0 Å². The minimum Gasteiger partial charge on any atom is -0.415 e. The fourth-order valence-electron chi connectivity index (χ4n) is 3.91. The highest BCUT2D eigenvalue weighted by Gasteiger charge is 2.50. The van der Waals surface area contributed by atoms with Crippen LogP contribution in [-0.2, 0) is 8.85 Å². The molecule has 0 saturated carbocycles. The molecule has 0 N–H and O–H groups in total. The fraction of sp³-hybridized carbons (Fsp3) is 1.00. The second kappa shape index (κ2) is 9.90. The molecule has 0 fully saturated rings. The van der Waals surface area contributed by atoms with Gasteiger partial charge in [-0.2, -0.15) is 0 Å². The highest BCUT2D eigenvalue weighted by atomic mass is 28.4. The first-order valence-electron chi connectivity index (χ1n) is 9.87. The molecule has 0 aromatic rings. The first-order chi connectivity index (χ1) is 10.5. The van der Waals surface area contributed by atoms with Crippen molar-refractivity contribution < 1.29 is 8.85 Å². The standard InChI is InChI=1S/C18H44O2Si3/c1-11-15-16-22(7,8)17(12-2)19-23(9,10)18(13-3,14-4)20-21(5)6/h17,21H,11-16H2,1-10H3. The van der Waals surface area contributed by atoms with Crippen molar-refractivity contribution >= 4 is 25.4 Å². The summed E-state index contributed by atoms with van der Waals surface area (Å²) in [6, 6.07) is 1.39. The average Bonchev–Trinajstić information content (AvgIpc) is 2.47. The molecule has 0 rings (SSSR count). The Balaban J connectivity index is 5.36. The van der Waals surface area contributed by atoms with Crippen LogP contribution in [0.4, 0.5) is 0 Å². The van der Waals surface area contributed by atoms with Crippen LogP contribution >= 0.6 is 0 Å². The normalized spacial score (nSPS) is 15.3. The maximum Gasteiger partial charge on any atom is 0.216 e. The Kier molecular flexibility index (Phi) is 10.1. The summed E-state index contributed by atoms with van der Waals surface area (Å²) in [6.45, 7) is 23.6. The first-order valence-corrected chi connectivity index (χ1v) is 18.8. The van der Waals surface area contributed by atoms with E-state index in [1.54, 1.807) is 0 Å². The lowest BCUT2D eigenvalue weighted by atomic mass is 10.2. The van der Waals surface area contributed by atoms with Gasteiger partial charge in [-0.15, -0.1) is 0 Å². The molecule has 5 heteroatoms. The Morgan fingerprint density at radius 2 is 1.48 bits per heavy atom. The minimum atomic E-state index is -1.93. The zero-order chi connectivity index (χ0) is 18.3. The number of unbranched alkanes of at least 4 members (excludes halogenated alkanes) is 1. The van der Waals surface area contributed by atoms with E-state index in [0.717, 1.165) is 19.3 Å². The molecule has 0 aromatic carbocycles. The molecule has 0 amide bonds.